The molecule has 1 atom stereocenters. The summed E-state index contributed by atoms with van der Waals surface area (Å²) in [7, 11) is 0. The molecule has 0 bridgehead atoms. The highest BCUT2D eigenvalue weighted by Crippen LogP contribution is 2.14. The second-order valence-corrected chi connectivity index (χ2v) is 21.6. The van der Waals surface area contributed by atoms with Crippen LogP contribution in [0.3, 0.4) is 0 Å². The molecule has 0 rings (SSSR count). The number of carbonyl (C=O) groups is 3. The lowest BCUT2D eigenvalue weighted by Crippen LogP contribution is -2.30. The van der Waals surface area contributed by atoms with Crippen LogP contribution < -0.4 is 0 Å². The number of allylic oxidation sites excluding steroid dienone is 28. The summed E-state index contributed by atoms with van der Waals surface area (Å²) in [6.07, 6.45) is 102. The molecule has 1 unspecified atom stereocenters. The van der Waals surface area contributed by atoms with Gasteiger partial charge in [-0.25, -0.2) is 0 Å². The Morgan fingerprint density at radius 2 is 0.482 bits per heavy atom. The number of ether oxygens (including phenoxy) is 3. The van der Waals surface area contributed by atoms with Gasteiger partial charge in [0.05, 0.1) is 0 Å². The Morgan fingerprint density at radius 1 is 0.253 bits per heavy atom. The summed E-state index contributed by atoms with van der Waals surface area (Å²) < 4.78 is 16.9. The van der Waals surface area contributed by atoms with E-state index in [1.807, 2.05) is 0 Å². The van der Waals surface area contributed by atoms with Crippen LogP contribution in [0.25, 0.3) is 0 Å². The number of unbranched alkanes of at least 4 members (excludes halogenated alkanes) is 20. The fourth-order valence-corrected chi connectivity index (χ4v) is 8.72. The van der Waals surface area contributed by atoms with Crippen LogP contribution in [0.1, 0.15) is 278 Å². The van der Waals surface area contributed by atoms with Gasteiger partial charge in [0.15, 0.2) is 6.10 Å². The number of hydrogen-bond acceptors (Lipinski definition) is 6. The minimum absolute atomic E-state index is 0.111. The lowest BCUT2D eigenvalue weighted by atomic mass is 10.1. The van der Waals surface area contributed by atoms with Crippen molar-refractivity contribution in [3.8, 4) is 0 Å². The molecule has 0 saturated carbocycles. The minimum atomic E-state index is -0.822. The summed E-state index contributed by atoms with van der Waals surface area (Å²) in [5.74, 6) is -0.993. The molecule has 0 fully saturated rings. The third kappa shape index (κ3) is 67.4. The van der Waals surface area contributed by atoms with Crippen LogP contribution in [0.2, 0.25) is 0 Å². The monoisotopic (exact) mass is 1140 g/mol. The fourth-order valence-electron chi connectivity index (χ4n) is 8.72. The third-order valence-electron chi connectivity index (χ3n) is 13.7. The Hall–Kier alpha value is -5.23. The van der Waals surface area contributed by atoms with E-state index in [4.69, 9.17) is 14.2 Å². The minimum Gasteiger partial charge on any atom is -0.462 e. The molecule has 0 amide bonds. The number of hydrogen-bond donors (Lipinski definition) is 0. The Balaban J connectivity index is 4.52. The first-order valence-corrected chi connectivity index (χ1v) is 33.6. The highest BCUT2D eigenvalue weighted by atomic mass is 16.6. The van der Waals surface area contributed by atoms with Crippen LogP contribution in [0.5, 0.6) is 0 Å². The van der Waals surface area contributed by atoms with Gasteiger partial charge in [0.2, 0.25) is 0 Å². The molecule has 6 nitrogen and oxygen atoms in total. The predicted octanol–water partition coefficient (Wildman–Crippen LogP) is 23.4. The van der Waals surface area contributed by atoms with Crippen molar-refractivity contribution < 1.29 is 28.6 Å². The van der Waals surface area contributed by atoms with Crippen LogP contribution in [0.15, 0.2) is 170 Å². The van der Waals surface area contributed by atoms with Crippen molar-refractivity contribution in [2.45, 2.75) is 284 Å². The third-order valence-corrected chi connectivity index (χ3v) is 13.7. The summed E-state index contributed by atoms with van der Waals surface area (Å²) in [5, 5.41) is 0. The van der Waals surface area contributed by atoms with Crippen molar-refractivity contribution in [3.05, 3.63) is 170 Å². The number of esters is 3. The molecule has 0 saturated heterocycles. The Morgan fingerprint density at radius 3 is 0.795 bits per heavy atom. The summed E-state index contributed by atoms with van der Waals surface area (Å²) in [4.78, 5) is 38.4. The Kier molecular flexibility index (Phi) is 64.9. The van der Waals surface area contributed by atoms with Crippen molar-refractivity contribution in [2.24, 2.45) is 0 Å². The van der Waals surface area contributed by atoms with Crippen LogP contribution in [-0.4, -0.2) is 37.2 Å². The molecule has 0 aromatic carbocycles. The molecule has 0 aromatic heterocycles. The number of rotatable bonds is 59. The molecule has 6 heteroatoms. The maximum absolute atomic E-state index is 12.9. The van der Waals surface area contributed by atoms with Crippen molar-refractivity contribution in [1.82, 2.24) is 0 Å². The van der Waals surface area contributed by atoms with Gasteiger partial charge in [-0.2, -0.15) is 0 Å². The Labute approximate surface area is 511 Å². The smallest absolute Gasteiger partial charge is 0.306 e. The molecule has 0 aliphatic rings. The van der Waals surface area contributed by atoms with E-state index in [1.165, 1.54) is 89.9 Å². The zero-order valence-electron chi connectivity index (χ0n) is 53.4. The molecular weight excluding hydrogens is 1020 g/mol. The van der Waals surface area contributed by atoms with Gasteiger partial charge in [-0.05, 0) is 148 Å². The highest BCUT2D eigenvalue weighted by Gasteiger charge is 2.19. The number of carbonyl (C=O) groups excluding carboxylic acids is 3. The summed E-state index contributed by atoms with van der Waals surface area (Å²) >= 11 is 0. The largest absolute Gasteiger partial charge is 0.462 e. The van der Waals surface area contributed by atoms with Crippen molar-refractivity contribution >= 4 is 17.9 Å². The Bertz CT molecular complexity index is 1890. The van der Waals surface area contributed by atoms with Gasteiger partial charge in [-0.1, -0.05) is 281 Å². The molecule has 0 heterocycles. The molecule has 0 spiro atoms. The molecule has 83 heavy (non-hydrogen) atoms. The zero-order chi connectivity index (χ0) is 59.9. The van der Waals surface area contributed by atoms with E-state index in [0.29, 0.717) is 19.3 Å². The first-order valence-electron chi connectivity index (χ1n) is 33.6. The lowest BCUT2D eigenvalue weighted by molar-refractivity contribution is -0.167. The van der Waals surface area contributed by atoms with E-state index in [2.05, 4.69) is 191 Å². The molecular formula is C77H122O6. The molecule has 0 aliphatic heterocycles. The van der Waals surface area contributed by atoms with Crippen LogP contribution in [-0.2, 0) is 28.6 Å². The first kappa shape index (κ1) is 77.8. The highest BCUT2D eigenvalue weighted by molar-refractivity contribution is 5.71. The van der Waals surface area contributed by atoms with E-state index < -0.39 is 6.10 Å². The van der Waals surface area contributed by atoms with Gasteiger partial charge in [0.1, 0.15) is 13.2 Å². The molecule has 0 N–H and O–H groups in total. The average Bonchev–Trinajstić information content (AvgIpc) is 3.49. The maximum Gasteiger partial charge on any atom is 0.306 e. The second kappa shape index (κ2) is 69.3. The van der Waals surface area contributed by atoms with Gasteiger partial charge in [-0.3, -0.25) is 14.4 Å². The normalized spacial score (nSPS) is 13.2. The molecule has 0 radical (unpaired) electrons. The fraction of sp³-hybridized carbons (Fsp3) is 0.597. The van der Waals surface area contributed by atoms with E-state index in [-0.39, 0.29) is 37.5 Å². The van der Waals surface area contributed by atoms with Crippen molar-refractivity contribution in [2.75, 3.05) is 13.2 Å². The van der Waals surface area contributed by atoms with Crippen LogP contribution in [0.4, 0.5) is 0 Å². The average molecular weight is 1140 g/mol. The van der Waals surface area contributed by atoms with Gasteiger partial charge in [0, 0.05) is 19.3 Å². The van der Waals surface area contributed by atoms with Gasteiger partial charge in [0.25, 0.3) is 0 Å². The second-order valence-electron chi connectivity index (χ2n) is 21.6. The summed E-state index contributed by atoms with van der Waals surface area (Å²) in [5.41, 5.74) is 0. The SMILES string of the molecule is CC/C=C\C/C=C\C/C=C\C/C=C\C/C=C\C/C=C\C/C=C\C/C=C\C/C=C\CCCC(=O)OCC(COC(=O)CCCCCCCCC/C=C\CCCCCCCC)OC(=O)CCCCCCCC/C=C\C/C=C\C/C=C\C/C=C\CC. The molecule has 466 valence electrons. The van der Waals surface area contributed by atoms with E-state index in [9.17, 15) is 14.4 Å². The van der Waals surface area contributed by atoms with Gasteiger partial charge >= 0.3 is 17.9 Å². The van der Waals surface area contributed by atoms with Crippen LogP contribution >= 0.6 is 0 Å². The van der Waals surface area contributed by atoms with Crippen molar-refractivity contribution in [3.63, 3.8) is 0 Å². The van der Waals surface area contributed by atoms with Gasteiger partial charge < -0.3 is 14.2 Å². The van der Waals surface area contributed by atoms with Gasteiger partial charge in [-0.15, -0.1) is 0 Å². The summed E-state index contributed by atoms with van der Waals surface area (Å²) in [6, 6.07) is 0. The van der Waals surface area contributed by atoms with E-state index in [0.717, 1.165) is 141 Å². The molecule has 0 aliphatic carbocycles. The molecule has 0 aromatic rings. The first-order chi connectivity index (χ1) is 41.0. The lowest BCUT2D eigenvalue weighted by Gasteiger charge is -2.18. The zero-order valence-corrected chi connectivity index (χ0v) is 53.4. The quantitative estimate of drug-likeness (QED) is 0.0261. The van der Waals surface area contributed by atoms with E-state index in [1.54, 1.807) is 0 Å². The van der Waals surface area contributed by atoms with E-state index >= 15 is 0 Å². The van der Waals surface area contributed by atoms with Crippen molar-refractivity contribution in [1.29, 1.82) is 0 Å². The maximum atomic E-state index is 12.9. The predicted molar refractivity (Wildman–Crippen MR) is 361 cm³/mol. The topological polar surface area (TPSA) is 78.9 Å². The van der Waals surface area contributed by atoms with Crippen LogP contribution in [0, 0.1) is 0 Å². The standard InChI is InChI=1S/C77H122O6/c1-4-7-10-13-16-19-22-25-28-31-33-34-35-36-37-38-39-40-41-42-44-46-49-52-55-58-61-64-67-70-76(79)82-73-74(72-81-75(78)69-66-63-60-57-54-51-48-45-30-27-24-21-18-15-12-9-6-3)83-77(80)71-68-65-62-59-56-53-50-47-43-32-29-26-23-20-17-14-11-8-5-2/h7-8,10-11,16-17,19-20,25-30,33-34,36-37,39-40,42-44,47,49,52,58,61,74H,4-6,9,12-15,18,21-24,31-32,35,38,41,45-46,48,50-51,53-57,59-60,62-73H2,1-3H3/b10-7-,11-8-,19-16-,20-17-,28-25-,29-26-,30-27-,34-33-,37-36-,40-39-,44-42-,47-43-,52-49-,61-58-. The summed E-state index contributed by atoms with van der Waals surface area (Å²) in [6.45, 7) is 6.35.